The highest BCUT2D eigenvalue weighted by atomic mass is 16.3. The number of nitrogens with zero attached hydrogens (tertiary/aromatic N) is 1. The Morgan fingerprint density at radius 2 is 1.93 bits per heavy atom. The van der Waals surface area contributed by atoms with Gasteiger partial charge in [-0.15, -0.1) is 0 Å². The van der Waals surface area contributed by atoms with Crippen molar-refractivity contribution >= 4 is 11.8 Å². The van der Waals surface area contributed by atoms with Gasteiger partial charge in [0, 0.05) is 19.5 Å². The Kier molecular flexibility index (Phi) is 6.20. The van der Waals surface area contributed by atoms with Crippen LogP contribution in [0.4, 0.5) is 0 Å². The number of carbonyl (C=O) groups is 2. The van der Waals surface area contributed by atoms with Gasteiger partial charge in [-0.25, -0.2) is 0 Å². The summed E-state index contributed by atoms with van der Waals surface area (Å²) in [6, 6.07) is 7.91. The molecule has 2 amide bonds. The molecule has 2 aliphatic rings. The van der Waals surface area contributed by atoms with Gasteiger partial charge >= 0.3 is 0 Å². The van der Waals surface area contributed by atoms with Gasteiger partial charge in [0.25, 0.3) is 0 Å². The molecule has 5 heteroatoms. The molecule has 1 saturated carbocycles. The lowest BCUT2D eigenvalue weighted by Crippen LogP contribution is -2.48. The normalized spacial score (nSPS) is 24.9. The third-order valence-corrected chi connectivity index (χ3v) is 6.23. The second-order valence-electron chi connectivity index (χ2n) is 8.15. The molecule has 1 aromatic rings. The van der Waals surface area contributed by atoms with E-state index in [1.807, 2.05) is 43.0 Å². The Balaban J connectivity index is 1.71. The summed E-state index contributed by atoms with van der Waals surface area (Å²) in [6.07, 6.45) is 5.39. The number of carbonyl (C=O) groups excluding carboxylic acids is 2. The number of nitrogens with one attached hydrogen (secondary N) is 1. The van der Waals surface area contributed by atoms with Gasteiger partial charge in [-0.2, -0.15) is 0 Å². The van der Waals surface area contributed by atoms with Crippen LogP contribution in [0.1, 0.15) is 69.0 Å². The van der Waals surface area contributed by atoms with Crippen LogP contribution in [0.3, 0.4) is 0 Å². The van der Waals surface area contributed by atoms with Crippen LogP contribution in [0.5, 0.6) is 0 Å². The molecule has 2 fully saturated rings. The summed E-state index contributed by atoms with van der Waals surface area (Å²) in [5.74, 6) is -0.135. The first-order valence-electron chi connectivity index (χ1n) is 10.3. The van der Waals surface area contributed by atoms with Crippen molar-refractivity contribution in [1.29, 1.82) is 0 Å². The molecule has 1 saturated heterocycles. The number of aryl methyl sites for hydroxylation is 1. The maximum absolute atomic E-state index is 13.0. The number of benzene rings is 1. The lowest BCUT2D eigenvalue weighted by Gasteiger charge is -2.40. The zero-order valence-electron chi connectivity index (χ0n) is 16.5. The summed E-state index contributed by atoms with van der Waals surface area (Å²) in [4.78, 5) is 27.2. The molecule has 1 aromatic carbocycles. The van der Waals surface area contributed by atoms with E-state index < -0.39 is 5.60 Å². The van der Waals surface area contributed by atoms with E-state index in [4.69, 9.17) is 0 Å². The quantitative estimate of drug-likeness (QED) is 0.806. The molecule has 0 unspecified atom stereocenters. The van der Waals surface area contributed by atoms with Gasteiger partial charge < -0.3 is 15.3 Å². The minimum absolute atomic E-state index is 0.00637. The van der Waals surface area contributed by atoms with Crippen LogP contribution in [-0.4, -0.2) is 40.5 Å². The number of likely N-dealkylation sites (tertiary alicyclic amines) is 1. The first-order valence-corrected chi connectivity index (χ1v) is 10.3. The van der Waals surface area contributed by atoms with Crippen molar-refractivity contribution in [2.45, 2.75) is 70.4 Å². The molecule has 5 nitrogen and oxygen atoms in total. The number of rotatable bonds is 6. The molecule has 148 valence electrons. The van der Waals surface area contributed by atoms with Crippen molar-refractivity contribution in [3.05, 3.63) is 35.4 Å². The molecule has 0 spiro atoms. The Morgan fingerprint density at radius 3 is 2.56 bits per heavy atom. The number of hydrogen-bond acceptors (Lipinski definition) is 3. The SMILES string of the molecule is CCN1C(=O)CC[C@@H](C(=O)NCCC2(O)CCCC2)[C@@H]1c1ccc(C)cc1. The molecule has 2 atom stereocenters. The fraction of sp³-hybridized carbons (Fsp3) is 0.636. The van der Waals surface area contributed by atoms with Crippen LogP contribution in [-0.2, 0) is 9.59 Å². The van der Waals surface area contributed by atoms with Crippen LogP contribution < -0.4 is 5.32 Å². The molecule has 27 heavy (non-hydrogen) atoms. The van der Waals surface area contributed by atoms with Crippen molar-refractivity contribution in [2.75, 3.05) is 13.1 Å². The maximum atomic E-state index is 13.0. The average molecular weight is 373 g/mol. The van der Waals surface area contributed by atoms with E-state index in [2.05, 4.69) is 5.32 Å². The largest absolute Gasteiger partial charge is 0.390 e. The van der Waals surface area contributed by atoms with Crippen molar-refractivity contribution in [3.63, 3.8) is 0 Å². The van der Waals surface area contributed by atoms with Crippen molar-refractivity contribution in [3.8, 4) is 0 Å². The Labute approximate surface area is 162 Å². The van der Waals surface area contributed by atoms with E-state index in [0.717, 1.165) is 36.8 Å². The van der Waals surface area contributed by atoms with Gasteiger partial charge in [0.05, 0.1) is 17.6 Å². The number of hydrogen-bond donors (Lipinski definition) is 2. The molecular weight excluding hydrogens is 340 g/mol. The molecule has 1 aliphatic carbocycles. The molecule has 1 heterocycles. The fourth-order valence-electron chi connectivity index (χ4n) is 4.61. The number of aliphatic hydroxyl groups is 1. The highest BCUT2D eigenvalue weighted by molar-refractivity contribution is 5.85. The Bertz CT molecular complexity index is 665. The highest BCUT2D eigenvalue weighted by Gasteiger charge is 2.40. The monoisotopic (exact) mass is 372 g/mol. The summed E-state index contributed by atoms with van der Waals surface area (Å²) >= 11 is 0. The van der Waals surface area contributed by atoms with E-state index in [1.165, 1.54) is 0 Å². The van der Waals surface area contributed by atoms with Gasteiger partial charge in [0.1, 0.15) is 0 Å². The van der Waals surface area contributed by atoms with Gasteiger partial charge in [0.15, 0.2) is 0 Å². The lowest BCUT2D eigenvalue weighted by molar-refractivity contribution is -0.143. The van der Waals surface area contributed by atoms with Crippen molar-refractivity contribution in [2.24, 2.45) is 5.92 Å². The molecule has 0 bridgehead atoms. The first kappa shape index (κ1) is 19.9. The number of piperidine rings is 1. The van der Waals surface area contributed by atoms with Gasteiger partial charge in [-0.3, -0.25) is 9.59 Å². The minimum atomic E-state index is -0.610. The predicted octanol–water partition coefficient (Wildman–Crippen LogP) is 3.11. The highest BCUT2D eigenvalue weighted by Crippen LogP contribution is 2.37. The third-order valence-electron chi connectivity index (χ3n) is 6.23. The van der Waals surface area contributed by atoms with Crippen LogP contribution in [0.2, 0.25) is 0 Å². The van der Waals surface area contributed by atoms with E-state index in [-0.39, 0.29) is 23.8 Å². The topological polar surface area (TPSA) is 69.6 Å². The zero-order chi connectivity index (χ0) is 19.4. The van der Waals surface area contributed by atoms with Crippen LogP contribution >= 0.6 is 0 Å². The van der Waals surface area contributed by atoms with Crippen LogP contribution in [0.15, 0.2) is 24.3 Å². The standard InChI is InChI=1S/C22H32N2O3/c1-3-24-19(25)11-10-18(20(24)17-8-6-16(2)7-9-17)21(26)23-15-14-22(27)12-4-5-13-22/h6-9,18,20,27H,3-5,10-15H2,1-2H3,(H,23,26)/t18-,20+/m1/s1. The van der Waals surface area contributed by atoms with Gasteiger partial charge in [-0.1, -0.05) is 42.7 Å². The molecule has 0 radical (unpaired) electrons. The summed E-state index contributed by atoms with van der Waals surface area (Å²) in [6.45, 7) is 5.09. The van der Waals surface area contributed by atoms with E-state index in [0.29, 0.717) is 32.4 Å². The molecule has 0 aromatic heterocycles. The summed E-state index contributed by atoms with van der Waals surface area (Å²) in [7, 11) is 0. The maximum Gasteiger partial charge on any atom is 0.225 e. The molecule has 3 rings (SSSR count). The number of amides is 2. The van der Waals surface area contributed by atoms with Crippen molar-refractivity contribution in [1.82, 2.24) is 10.2 Å². The molecule has 2 N–H and O–H groups in total. The average Bonchev–Trinajstić information content (AvgIpc) is 3.08. The molecular formula is C22H32N2O3. The second kappa shape index (κ2) is 8.42. The Morgan fingerprint density at radius 1 is 1.26 bits per heavy atom. The Hall–Kier alpha value is -1.88. The minimum Gasteiger partial charge on any atom is -0.390 e. The lowest BCUT2D eigenvalue weighted by atomic mass is 9.83. The summed E-state index contributed by atoms with van der Waals surface area (Å²) < 4.78 is 0. The fourth-order valence-corrected chi connectivity index (χ4v) is 4.61. The van der Waals surface area contributed by atoms with Crippen LogP contribution in [0, 0.1) is 12.8 Å². The third kappa shape index (κ3) is 4.52. The predicted molar refractivity (Wildman–Crippen MR) is 105 cm³/mol. The van der Waals surface area contributed by atoms with Gasteiger partial charge in [-0.05, 0) is 45.1 Å². The van der Waals surface area contributed by atoms with Gasteiger partial charge in [0.2, 0.25) is 11.8 Å². The molecule has 1 aliphatic heterocycles. The zero-order valence-corrected chi connectivity index (χ0v) is 16.5. The van der Waals surface area contributed by atoms with E-state index in [1.54, 1.807) is 0 Å². The van der Waals surface area contributed by atoms with Crippen molar-refractivity contribution < 1.29 is 14.7 Å². The van der Waals surface area contributed by atoms with Crippen LogP contribution in [0.25, 0.3) is 0 Å². The summed E-state index contributed by atoms with van der Waals surface area (Å²) in [5.41, 5.74) is 1.57. The smallest absolute Gasteiger partial charge is 0.225 e. The van der Waals surface area contributed by atoms with E-state index >= 15 is 0 Å². The first-order chi connectivity index (χ1) is 12.9. The summed E-state index contributed by atoms with van der Waals surface area (Å²) in [5, 5.41) is 13.5. The second-order valence-corrected chi connectivity index (χ2v) is 8.15. The van der Waals surface area contributed by atoms with E-state index in [9.17, 15) is 14.7 Å².